The van der Waals surface area contributed by atoms with Gasteiger partial charge in [0.25, 0.3) is 5.56 Å². The summed E-state index contributed by atoms with van der Waals surface area (Å²) in [7, 11) is 1.33. The van der Waals surface area contributed by atoms with Gasteiger partial charge in [0.1, 0.15) is 22.8 Å². The number of anilines is 1. The first-order valence-electron chi connectivity index (χ1n) is 11.0. The lowest BCUT2D eigenvalue weighted by molar-refractivity contribution is 0.102. The Kier molecular flexibility index (Phi) is 7.21. The van der Waals surface area contributed by atoms with E-state index in [1.807, 2.05) is 67.6 Å². The van der Waals surface area contributed by atoms with Gasteiger partial charge >= 0.3 is 5.69 Å². The smallest absolute Gasteiger partial charge is 0.332 e. The number of ketones is 1. The van der Waals surface area contributed by atoms with E-state index < -0.39 is 17.0 Å². The highest BCUT2D eigenvalue weighted by molar-refractivity contribution is 7.99. The summed E-state index contributed by atoms with van der Waals surface area (Å²) in [5, 5.41) is 8.89. The van der Waals surface area contributed by atoms with Crippen LogP contribution < -0.4 is 17.0 Å². The van der Waals surface area contributed by atoms with Crippen molar-refractivity contribution in [2.45, 2.75) is 25.0 Å². The van der Waals surface area contributed by atoms with Crippen molar-refractivity contribution in [2.24, 2.45) is 7.05 Å². The van der Waals surface area contributed by atoms with Crippen LogP contribution in [-0.2, 0) is 13.6 Å². The van der Waals surface area contributed by atoms with Gasteiger partial charge in [0, 0.05) is 24.7 Å². The van der Waals surface area contributed by atoms with Crippen molar-refractivity contribution in [1.29, 1.82) is 0 Å². The zero-order valence-corrected chi connectivity index (χ0v) is 20.2. The summed E-state index contributed by atoms with van der Waals surface area (Å²) in [5.74, 6) is -0.756. The zero-order valence-electron chi connectivity index (χ0n) is 19.3. The van der Waals surface area contributed by atoms with E-state index in [0.717, 1.165) is 27.5 Å². The third-order valence-electron chi connectivity index (χ3n) is 5.40. The van der Waals surface area contributed by atoms with E-state index in [2.05, 4.69) is 15.2 Å². The molecule has 4 aromatic rings. The number of aromatic nitrogens is 5. The summed E-state index contributed by atoms with van der Waals surface area (Å²) in [6.45, 7) is 2.18. The van der Waals surface area contributed by atoms with E-state index in [9.17, 15) is 14.4 Å². The summed E-state index contributed by atoms with van der Waals surface area (Å²) in [6, 6.07) is 19.2. The molecular weight excluding hydrogens is 464 g/mol. The van der Waals surface area contributed by atoms with Gasteiger partial charge in [-0.1, -0.05) is 79.3 Å². The summed E-state index contributed by atoms with van der Waals surface area (Å²) in [5.41, 5.74) is 7.59. The number of benzene rings is 2. The molecule has 0 unspecified atom stereocenters. The van der Waals surface area contributed by atoms with E-state index >= 15 is 0 Å². The molecule has 2 aromatic heterocycles. The Morgan fingerprint density at radius 2 is 1.54 bits per heavy atom. The van der Waals surface area contributed by atoms with Gasteiger partial charge in [-0.3, -0.25) is 18.7 Å². The standard InChI is InChI=1S/C25H24N6O3S/c1-3-14-31-22(26)19(23(33)30(2)25(31)34)18(32)15-35-24-27-20(16-10-6-4-7-11-16)21(28-29-24)17-12-8-5-9-13-17/h4-13H,3,14-15,26H2,1-2H3. The number of Topliss-reactive ketones (excluding diaryl/α,β-unsaturated/α-hetero) is 1. The fourth-order valence-electron chi connectivity index (χ4n) is 3.65. The number of carbonyl (C=O) groups is 1. The lowest BCUT2D eigenvalue weighted by Crippen LogP contribution is -2.42. The number of rotatable bonds is 8. The van der Waals surface area contributed by atoms with Crippen LogP contribution in [0, 0.1) is 0 Å². The number of hydrogen-bond acceptors (Lipinski definition) is 8. The van der Waals surface area contributed by atoms with Crippen LogP contribution in [0.4, 0.5) is 5.82 Å². The van der Waals surface area contributed by atoms with Crippen LogP contribution in [0.1, 0.15) is 23.7 Å². The largest absolute Gasteiger partial charge is 0.384 e. The van der Waals surface area contributed by atoms with Crippen molar-refractivity contribution >= 4 is 23.4 Å². The van der Waals surface area contributed by atoms with E-state index in [-0.39, 0.29) is 22.3 Å². The highest BCUT2D eigenvalue weighted by Crippen LogP contribution is 2.29. The third-order valence-corrected chi connectivity index (χ3v) is 6.24. The molecule has 0 fully saturated rings. The number of nitrogens with zero attached hydrogens (tertiary/aromatic N) is 5. The quantitative estimate of drug-likeness (QED) is 0.296. The maximum atomic E-state index is 13.0. The van der Waals surface area contributed by atoms with Gasteiger partial charge in [-0.05, 0) is 6.42 Å². The molecule has 0 saturated heterocycles. The number of thioether (sulfide) groups is 1. The van der Waals surface area contributed by atoms with Gasteiger partial charge in [0.2, 0.25) is 5.16 Å². The Labute approximate surface area is 205 Å². The molecule has 2 N–H and O–H groups in total. The average Bonchev–Trinajstić information content (AvgIpc) is 2.89. The minimum absolute atomic E-state index is 0.117. The van der Waals surface area contributed by atoms with Crippen molar-refractivity contribution < 1.29 is 4.79 Å². The topological polar surface area (TPSA) is 126 Å². The molecule has 0 aliphatic heterocycles. The normalized spacial score (nSPS) is 10.9. The number of hydrogen-bond donors (Lipinski definition) is 1. The molecule has 0 aliphatic carbocycles. The first-order chi connectivity index (χ1) is 16.9. The molecular formula is C25H24N6O3S. The van der Waals surface area contributed by atoms with Crippen molar-refractivity contribution in [2.75, 3.05) is 11.5 Å². The van der Waals surface area contributed by atoms with Crippen molar-refractivity contribution in [3.63, 3.8) is 0 Å². The van der Waals surface area contributed by atoms with Crippen LogP contribution in [0.25, 0.3) is 22.5 Å². The first kappa shape index (κ1) is 24.1. The first-order valence-corrected chi connectivity index (χ1v) is 12.0. The van der Waals surface area contributed by atoms with Crippen LogP contribution in [0.3, 0.4) is 0 Å². The Bertz CT molecular complexity index is 1480. The number of nitrogens with two attached hydrogens (primary N) is 1. The summed E-state index contributed by atoms with van der Waals surface area (Å²) in [4.78, 5) is 42.7. The molecule has 0 amide bonds. The minimum Gasteiger partial charge on any atom is -0.384 e. The van der Waals surface area contributed by atoms with Gasteiger partial charge in [-0.2, -0.15) is 0 Å². The molecule has 0 radical (unpaired) electrons. The molecule has 0 bridgehead atoms. The van der Waals surface area contributed by atoms with E-state index in [1.54, 1.807) is 0 Å². The van der Waals surface area contributed by atoms with Gasteiger partial charge in [-0.15, -0.1) is 10.2 Å². The second-order valence-corrected chi connectivity index (χ2v) is 8.74. The Morgan fingerprint density at radius 1 is 0.943 bits per heavy atom. The van der Waals surface area contributed by atoms with Crippen LogP contribution in [-0.4, -0.2) is 35.9 Å². The molecule has 0 spiro atoms. The maximum Gasteiger partial charge on any atom is 0.332 e. The van der Waals surface area contributed by atoms with Crippen molar-refractivity contribution in [3.05, 3.63) is 87.1 Å². The summed E-state index contributed by atoms with van der Waals surface area (Å²) in [6.07, 6.45) is 0.625. The molecule has 2 aromatic carbocycles. The SMILES string of the molecule is CCCn1c(N)c(C(=O)CSc2nnc(-c3ccccc3)c(-c3ccccc3)n2)c(=O)n(C)c1=O. The second-order valence-electron chi connectivity index (χ2n) is 7.79. The Balaban J connectivity index is 1.67. The molecule has 178 valence electrons. The molecule has 2 heterocycles. The van der Waals surface area contributed by atoms with Crippen LogP contribution >= 0.6 is 11.8 Å². The van der Waals surface area contributed by atoms with Crippen LogP contribution in [0.2, 0.25) is 0 Å². The van der Waals surface area contributed by atoms with Crippen molar-refractivity contribution in [1.82, 2.24) is 24.3 Å². The van der Waals surface area contributed by atoms with Gasteiger partial charge in [0.05, 0.1) is 5.75 Å². The van der Waals surface area contributed by atoms with Gasteiger partial charge < -0.3 is 5.73 Å². The lowest BCUT2D eigenvalue weighted by Gasteiger charge is -2.13. The predicted octanol–water partition coefficient (Wildman–Crippen LogP) is 3.03. The monoisotopic (exact) mass is 488 g/mol. The summed E-state index contributed by atoms with van der Waals surface area (Å²) >= 11 is 1.06. The minimum atomic E-state index is -0.714. The van der Waals surface area contributed by atoms with E-state index in [0.29, 0.717) is 24.4 Å². The van der Waals surface area contributed by atoms with Crippen LogP contribution in [0.5, 0.6) is 0 Å². The molecule has 0 saturated carbocycles. The average molecular weight is 489 g/mol. The fourth-order valence-corrected chi connectivity index (χ4v) is 4.31. The van der Waals surface area contributed by atoms with E-state index in [4.69, 9.17) is 5.73 Å². The predicted molar refractivity (Wildman–Crippen MR) is 136 cm³/mol. The van der Waals surface area contributed by atoms with E-state index in [1.165, 1.54) is 11.6 Å². The molecule has 35 heavy (non-hydrogen) atoms. The Morgan fingerprint density at radius 3 is 2.14 bits per heavy atom. The highest BCUT2D eigenvalue weighted by atomic mass is 32.2. The summed E-state index contributed by atoms with van der Waals surface area (Å²) < 4.78 is 2.16. The van der Waals surface area contributed by atoms with Crippen LogP contribution in [0.15, 0.2) is 75.4 Å². The molecule has 0 aliphatic rings. The highest BCUT2D eigenvalue weighted by Gasteiger charge is 2.22. The zero-order chi connectivity index (χ0) is 24.9. The molecule has 10 heteroatoms. The lowest BCUT2D eigenvalue weighted by atomic mass is 10.0. The molecule has 4 rings (SSSR count). The molecule has 0 atom stereocenters. The number of nitrogen functional groups attached to an aromatic ring is 1. The second kappa shape index (κ2) is 10.5. The maximum absolute atomic E-state index is 13.0. The van der Waals surface area contributed by atoms with Gasteiger partial charge in [0.15, 0.2) is 5.78 Å². The fraction of sp³-hybridized carbons (Fsp3) is 0.200. The van der Waals surface area contributed by atoms with Gasteiger partial charge in [-0.25, -0.2) is 9.78 Å². The third kappa shape index (κ3) is 4.92. The Hall–Kier alpha value is -4.05. The number of carbonyl (C=O) groups excluding carboxylic acids is 1. The molecule has 9 nitrogen and oxygen atoms in total. The van der Waals surface area contributed by atoms with Crippen molar-refractivity contribution in [3.8, 4) is 22.5 Å².